The average Bonchev–Trinajstić information content (AvgIpc) is 2.41. The van der Waals surface area contributed by atoms with E-state index in [1.165, 1.54) is 11.1 Å². The van der Waals surface area contributed by atoms with Crippen LogP contribution < -0.4 is 5.32 Å². The number of hydrogen-bond acceptors (Lipinski definition) is 1. The summed E-state index contributed by atoms with van der Waals surface area (Å²) in [4.78, 5) is 0. The Balaban J connectivity index is 2.02. The van der Waals surface area contributed by atoms with E-state index < -0.39 is 0 Å². The molecule has 100 valence electrons. The van der Waals surface area contributed by atoms with E-state index in [2.05, 4.69) is 43.4 Å². The fourth-order valence-corrected chi connectivity index (χ4v) is 2.31. The molecular formula is C16H17Cl2N. The van der Waals surface area contributed by atoms with Crippen LogP contribution in [0.25, 0.3) is 0 Å². The highest BCUT2D eigenvalue weighted by Crippen LogP contribution is 2.26. The zero-order valence-electron chi connectivity index (χ0n) is 11.1. The van der Waals surface area contributed by atoms with Gasteiger partial charge < -0.3 is 5.32 Å². The van der Waals surface area contributed by atoms with Crippen LogP contribution in [0.2, 0.25) is 10.0 Å². The van der Waals surface area contributed by atoms with E-state index in [0.717, 1.165) is 5.56 Å². The fraction of sp³-hybridized carbons (Fsp3) is 0.250. The molecule has 0 bridgehead atoms. The molecule has 0 spiro atoms. The van der Waals surface area contributed by atoms with Gasteiger partial charge in [0.1, 0.15) is 0 Å². The lowest BCUT2D eigenvalue weighted by Crippen LogP contribution is -2.18. The monoisotopic (exact) mass is 293 g/mol. The van der Waals surface area contributed by atoms with Crippen molar-refractivity contribution in [3.63, 3.8) is 0 Å². The summed E-state index contributed by atoms with van der Waals surface area (Å²) in [6.07, 6.45) is 0. The first-order valence-corrected chi connectivity index (χ1v) is 7.06. The van der Waals surface area contributed by atoms with E-state index in [1.54, 1.807) is 6.07 Å². The molecule has 0 aliphatic heterocycles. The quantitative estimate of drug-likeness (QED) is 0.822. The van der Waals surface area contributed by atoms with Crippen LogP contribution >= 0.6 is 23.2 Å². The molecule has 0 saturated heterocycles. The van der Waals surface area contributed by atoms with Gasteiger partial charge in [0.25, 0.3) is 0 Å². The van der Waals surface area contributed by atoms with Crippen LogP contribution in [0.3, 0.4) is 0 Å². The van der Waals surface area contributed by atoms with Crippen LogP contribution in [0.4, 0.5) is 0 Å². The van der Waals surface area contributed by atoms with Gasteiger partial charge in [0.2, 0.25) is 0 Å². The second-order valence-corrected chi connectivity index (χ2v) is 5.51. The smallest absolute Gasteiger partial charge is 0.0637 e. The SMILES string of the molecule is Cc1ccc([C@H](C)NCc2cccc(Cl)c2Cl)cc1. The Hall–Kier alpha value is -1.02. The Labute approximate surface area is 124 Å². The highest BCUT2D eigenvalue weighted by Gasteiger charge is 2.07. The summed E-state index contributed by atoms with van der Waals surface area (Å²) in [6, 6.07) is 14.5. The molecule has 0 saturated carbocycles. The average molecular weight is 294 g/mol. The largest absolute Gasteiger partial charge is 0.306 e. The minimum absolute atomic E-state index is 0.274. The maximum atomic E-state index is 6.17. The maximum Gasteiger partial charge on any atom is 0.0637 e. The normalized spacial score (nSPS) is 12.4. The molecule has 2 aromatic rings. The van der Waals surface area contributed by atoms with Gasteiger partial charge in [0.05, 0.1) is 10.0 Å². The zero-order chi connectivity index (χ0) is 13.8. The summed E-state index contributed by atoms with van der Waals surface area (Å²) in [7, 11) is 0. The van der Waals surface area contributed by atoms with Crippen LogP contribution in [0.1, 0.15) is 29.7 Å². The number of hydrogen-bond donors (Lipinski definition) is 1. The van der Waals surface area contributed by atoms with Crippen LogP contribution in [0.5, 0.6) is 0 Å². The lowest BCUT2D eigenvalue weighted by atomic mass is 10.1. The molecule has 0 amide bonds. The first kappa shape index (κ1) is 14.4. The van der Waals surface area contributed by atoms with Crippen LogP contribution in [0, 0.1) is 6.92 Å². The highest BCUT2D eigenvalue weighted by molar-refractivity contribution is 6.42. The van der Waals surface area contributed by atoms with Crippen LogP contribution in [0.15, 0.2) is 42.5 Å². The van der Waals surface area contributed by atoms with Crippen LogP contribution in [-0.4, -0.2) is 0 Å². The van der Waals surface area contributed by atoms with Gasteiger partial charge in [-0.25, -0.2) is 0 Å². The van der Waals surface area contributed by atoms with Crippen LogP contribution in [-0.2, 0) is 6.54 Å². The summed E-state index contributed by atoms with van der Waals surface area (Å²) in [5, 5.41) is 4.69. The Morgan fingerprint density at radius 3 is 2.42 bits per heavy atom. The first-order valence-electron chi connectivity index (χ1n) is 6.31. The number of rotatable bonds is 4. The molecule has 3 heteroatoms. The van der Waals surface area contributed by atoms with Gasteiger partial charge in [0.15, 0.2) is 0 Å². The maximum absolute atomic E-state index is 6.17. The molecule has 0 heterocycles. The van der Waals surface area contributed by atoms with E-state index in [9.17, 15) is 0 Å². The number of aryl methyl sites for hydroxylation is 1. The van der Waals surface area contributed by atoms with Crippen molar-refractivity contribution in [1.82, 2.24) is 5.32 Å². The lowest BCUT2D eigenvalue weighted by Gasteiger charge is -2.15. The molecule has 0 radical (unpaired) electrons. The van der Waals surface area contributed by atoms with E-state index in [4.69, 9.17) is 23.2 Å². The van der Waals surface area contributed by atoms with E-state index in [-0.39, 0.29) is 6.04 Å². The van der Waals surface area contributed by atoms with Gasteiger partial charge in [-0.3, -0.25) is 0 Å². The van der Waals surface area contributed by atoms with Crippen molar-refractivity contribution >= 4 is 23.2 Å². The molecule has 2 rings (SSSR count). The Morgan fingerprint density at radius 2 is 1.74 bits per heavy atom. The molecule has 19 heavy (non-hydrogen) atoms. The zero-order valence-corrected chi connectivity index (χ0v) is 12.6. The fourth-order valence-electron chi connectivity index (χ4n) is 1.92. The van der Waals surface area contributed by atoms with E-state index in [0.29, 0.717) is 16.6 Å². The molecule has 0 unspecified atom stereocenters. The minimum Gasteiger partial charge on any atom is -0.306 e. The second kappa shape index (κ2) is 6.42. The molecule has 0 aromatic heterocycles. The standard InChI is InChI=1S/C16H17Cl2N/c1-11-6-8-13(9-7-11)12(2)19-10-14-4-3-5-15(17)16(14)18/h3-9,12,19H,10H2,1-2H3/t12-/m0/s1. The Kier molecular flexibility index (Phi) is 4.87. The van der Waals surface area contributed by atoms with Gasteiger partial charge in [-0.1, -0.05) is 65.2 Å². The first-order chi connectivity index (χ1) is 9.08. The molecular weight excluding hydrogens is 277 g/mol. The van der Waals surface area contributed by atoms with E-state index in [1.807, 2.05) is 12.1 Å². The van der Waals surface area contributed by atoms with Gasteiger partial charge in [-0.2, -0.15) is 0 Å². The summed E-state index contributed by atoms with van der Waals surface area (Å²) in [5.74, 6) is 0. The van der Waals surface area contributed by atoms with Gasteiger partial charge in [-0.15, -0.1) is 0 Å². The van der Waals surface area contributed by atoms with Gasteiger partial charge >= 0.3 is 0 Å². The topological polar surface area (TPSA) is 12.0 Å². The minimum atomic E-state index is 0.274. The Bertz CT molecular complexity index is 549. The molecule has 1 nitrogen and oxygen atoms in total. The molecule has 0 aliphatic carbocycles. The molecule has 0 fully saturated rings. The van der Waals surface area contributed by atoms with Crippen molar-refractivity contribution in [2.24, 2.45) is 0 Å². The summed E-state index contributed by atoms with van der Waals surface area (Å²) in [6.45, 7) is 4.94. The van der Waals surface area contributed by atoms with Crippen molar-refractivity contribution < 1.29 is 0 Å². The van der Waals surface area contributed by atoms with Crippen molar-refractivity contribution in [3.8, 4) is 0 Å². The summed E-state index contributed by atoms with van der Waals surface area (Å²) in [5.41, 5.74) is 3.56. The molecule has 1 N–H and O–H groups in total. The number of benzene rings is 2. The molecule has 1 atom stereocenters. The lowest BCUT2D eigenvalue weighted by molar-refractivity contribution is 0.575. The van der Waals surface area contributed by atoms with Crippen molar-refractivity contribution in [1.29, 1.82) is 0 Å². The molecule has 0 aliphatic rings. The van der Waals surface area contributed by atoms with E-state index >= 15 is 0 Å². The Morgan fingerprint density at radius 1 is 1.05 bits per heavy atom. The predicted octanol–water partition coefficient (Wildman–Crippen LogP) is 5.15. The third-order valence-electron chi connectivity index (χ3n) is 3.21. The highest BCUT2D eigenvalue weighted by atomic mass is 35.5. The van der Waals surface area contributed by atoms with Crippen molar-refractivity contribution in [2.75, 3.05) is 0 Å². The third-order valence-corrected chi connectivity index (χ3v) is 4.07. The van der Waals surface area contributed by atoms with Gasteiger partial charge in [0, 0.05) is 12.6 Å². The number of nitrogens with one attached hydrogen (secondary N) is 1. The predicted molar refractivity (Wildman–Crippen MR) is 82.9 cm³/mol. The van der Waals surface area contributed by atoms with Crippen molar-refractivity contribution in [3.05, 3.63) is 69.2 Å². The van der Waals surface area contributed by atoms with Gasteiger partial charge in [-0.05, 0) is 31.0 Å². The second-order valence-electron chi connectivity index (χ2n) is 4.73. The molecule has 2 aromatic carbocycles. The number of halogens is 2. The third kappa shape index (κ3) is 3.73. The van der Waals surface area contributed by atoms with Crippen molar-refractivity contribution in [2.45, 2.75) is 26.4 Å². The summed E-state index contributed by atoms with van der Waals surface area (Å²) < 4.78 is 0. The summed E-state index contributed by atoms with van der Waals surface area (Å²) >= 11 is 12.2.